The summed E-state index contributed by atoms with van der Waals surface area (Å²) >= 11 is 2.38. The third-order valence-electron chi connectivity index (χ3n) is 2.62. The van der Waals surface area contributed by atoms with Crippen molar-refractivity contribution in [2.24, 2.45) is 0 Å². The Balaban J connectivity index is 2.14. The zero-order valence-electron chi connectivity index (χ0n) is 7.59. The van der Waals surface area contributed by atoms with E-state index in [1.54, 1.807) is 0 Å². The van der Waals surface area contributed by atoms with E-state index in [0.29, 0.717) is 0 Å². The fourth-order valence-corrected chi connectivity index (χ4v) is 2.46. The van der Waals surface area contributed by atoms with Gasteiger partial charge in [0.2, 0.25) is 0 Å². The number of piperidine rings is 1. The van der Waals surface area contributed by atoms with Gasteiger partial charge >= 0.3 is 0 Å². The van der Waals surface area contributed by atoms with Gasteiger partial charge in [0, 0.05) is 10.1 Å². The van der Waals surface area contributed by atoms with E-state index in [1.165, 1.54) is 28.5 Å². The molecule has 1 N–H and O–H groups in total. The number of halogens is 1. The zero-order chi connectivity index (χ0) is 9.10. The van der Waals surface area contributed by atoms with Crippen molar-refractivity contribution in [3.63, 3.8) is 0 Å². The van der Waals surface area contributed by atoms with Crippen molar-refractivity contribution in [2.45, 2.75) is 18.8 Å². The van der Waals surface area contributed by atoms with Gasteiger partial charge in [-0.2, -0.15) is 0 Å². The third kappa shape index (κ3) is 2.44. The van der Waals surface area contributed by atoms with Crippen LogP contribution in [0.25, 0.3) is 0 Å². The average molecular weight is 287 g/mol. The summed E-state index contributed by atoms with van der Waals surface area (Å²) in [7, 11) is 0. The molecule has 0 bridgehead atoms. The maximum absolute atomic E-state index is 3.45. The van der Waals surface area contributed by atoms with E-state index in [1.807, 2.05) is 0 Å². The highest BCUT2D eigenvalue weighted by atomic mass is 127. The van der Waals surface area contributed by atoms with Crippen LogP contribution in [-0.2, 0) is 0 Å². The van der Waals surface area contributed by atoms with Crippen molar-refractivity contribution in [3.05, 3.63) is 33.4 Å². The standard InChI is InChI=1S/C11H14IN/c12-11-5-1-3-9(7-11)10-4-2-6-13-8-10/h1,3,5,7,10,13H,2,4,6,8H2/t10-/m1/s1. The van der Waals surface area contributed by atoms with Crippen molar-refractivity contribution in [1.29, 1.82) is 0 Å². The van der Waals surface area contributed by atoms with Crippen LogP contribution in [0.3, 0.4) is 0 Å². The van der Waals surface area contributed by atoms with Crippen molar-refractivity contribution >= 4 is 22.6 Å². The first-order valence-corrected chi connectivity index (χ1v) is 5.90. The lowest BCUT2D eigenvalue weighted by Gasteiger charge is -2.23. The highest BCUT2D eigenvalue weighted by molar-refractivity contribution is 14.1. The molecular formula is C11H14IN. The quantitative estimate of drug-likeness (QED) is 0.783. The normalized spacial score (nSPS) is 23.0. The molecule has 2 rings (SSSR count). The highest BCUT2D eigenvalue weighted by Crippen LogP contribution is 2.24. The molecule has 70 valence electrons. The van der Waals surface area contributed by atoms with Crippen LogP contribution in [0.4, 0.5) is 0 Å². The van der Waals surface area contributed by atoms with E-state index >= 15 is 0 Å². The first kappa shape index (κ1) is 9.46. The van der Waals surface area contributed by atoms with Gasteiger partial charge in [-0.25, -0.2) is 0 Å². The van der Waals surface area contributed by atoms with Crippen molar-refractivity contribution < 1.29 is 0 Å². The molecule has 0 unspecified atom stereocenters. The lowest BCUT2D eigenvalue weighted by atomic mass is 9.92. The number of benzene rings is 1. The lowest BCUT2D eigenvalue weighted by Crippen LogP contribution is -2.28. The van der Waals surface area contributed by atoms with Crippen LogP contribution in [0.2, 0.25) is 0 Å². The van der Waals surface area contributed by atoms with Gasteiger partial charge in [-0.1, -0.05) is 12.1 Å². The van der Waals surface area contributed by atoms with Gasteiger partial charge in [-0.15, -0.1) is 0 Å². The molecular weight excluding hydrogens is 273 g/mol. The maximum Gasteiger partial charge on any atom is 0.0133 e. The van der Waals surface area contributed by atoms with Gasteiger partial charge in [0.1, 0.15) is 0 Å². The molecule has 1 saturated heterocycles. The Morgan fingerprint density at radius 1 is 1.38 bits per heavy atom. The Hall–Kier alpha value is -0.0900. The van der Waals surface area contributed by atoms with Crippen LogP contribution >= 0.6 is 22.6 Å². The summed E-state index contributed by atoms with van der Waals surface area (Å²) in [4.78, 5) is 0. The first-order valence-electron chi connectivity index (χ1n) is 4.82. The molecule has 0 radical (unpaired) electrons. The zero-order valence-corrected chi connectivity index (χ0v) is 9.75. The minimum atomic E-state index is 0.739. The second kappa shape index (κ2) is 4.42. The van der Waals surface area contributed by atoms with Gasteiger partial charge in [-0.05, 0) is 65.6 Å². The minimum absolute atomic E-state index is 0.739. The van der Waals surface area contributed by atoms with E-state index in [4.69, 9.17) is 0 Å². The Morgan fingerprint density at radius 2 is 2.31 bits per heavy atom. The van der Waals surface area contributed by atoms with Gasteiger partial charge in [0.25, 0.3) is 0 Å². The molecule has 0 spiro atoms. The predicted molar refractivity (Wildman–Crippen MR) is 64.0 cm³/mol. The predicted octanol–water partition coefficient (Wildman–Crippen LogP) is 2.76. The van der Waals surface area contributed by atoms with Crippen LogP contribution in [0.15, 0.2) is 24.3 Å². The summed E-state index contributed by atoms with van der Waals surface area (Å²) in [5, 5.41) is 3.45. The van der Waals surface area contributed by atoms with Crippen molar-refractivity contribution in [2.75, 3.05) is 13.1 Å². The molecule has 1 aromatic rings. The molecule has 0 amide bonds. The molecule has 1 aliphatic rings. The van der Waals surface area contributed by atoms with Gasteiger partial charge < -0.3 is 5.32 Å². The van der Waals surface area contributed by atoms with E-state index in [2.05, 4.69) is 52.2 Å². The molecule has 1 atom stereocenters. The monoisotopic (exact) mass is 287 g/mol. The van der Waals surface area contributed by atoms with Crippen LogP contribution < -0.4 is 5.32 Å². The number of rotatable bonds is 1. The summed E-state index contributed by atoms with van der Waals surface area (Å²) in [5.41, 5.74) is 1.50. The van der Waals surface area contributed by atoms with Gasteiger partial charge in [0.05, 0.1) is 0 Å². The molecule has 2 heteroatoms. The van der Waals surface area contributed by atoms with Crippen molar-refractivity contribution in [1.82, 2.24) is 5.32 Å². The largest absolute Gasteiger partial charge is 0.316 e. The molecule has 1 aliphatic heterocycles. The summed E-state index contributed by atoms with van der Waals surface area (Å²) in [6.07, 6.45) is 2.66. The maximum atomic E-state index is 3.45. The van der Waals surface area contributed by atoms with Crippen LogP contribution in [0.5, 0.6) is 0 Å². The van der Waals surface area contributed by atoms with E-state index in [9.17, 15) is 0 Å². The molecule has 0 aromatic heterocycles. The SMILES string of the molecule is Ic1cccc([C@@H]2CCCNC2)c1. The first-order chi connectivity index (χ1) is 6.36. The number of hydrogen-bond donors (Lipinski definition) is 1. The molecule has 0 aliphatic carbocycles. The van der Waals surface area contributed by atoms with Crippen molar-refractivity contribution in [3.8, 4) is 0 Å². The third-order valence-corrected chi connectivity index (χ3v) is 3.29. The lowest BCUT2D eigenvalue weighted by molar-refractivity contribution is 0.461. The van der Waals surface area contributed by atoms with Crippen LogP contribution in [0, 0.1) is 3.57 Å². The second-order valence-corrected chi connectivity index (χ2v) is 4.84. The molecule has 13 heavy (non-hydrogen) atoms. The topological polar surface area (TPSA) is 12.0 Å². The molecule has 1 fully saturated rings. The van der Waals surface area contributed by atoms with E-state index in [0.717, 1.165) is 12.5 Å². The Labute approximate surface area is 93.1 Å². The average Bonchev–Trinajstić information content (AvgIpc) is 2.19. The van der Waals surface area contributed by atoms with Crippen LogP contribution in [0.1, 0.15) is 24.3 Å². The van der Waals surface area contributed by atoms with E-state index in [-0.39, 0.29) is 0 Å². The van der Waals surface area contributed by atoms with Gasteiger partial charge in [-0.3, -0.25) is 0 Å². The molecule has 1 aromatic carbocycles. The summed E-state index contributed by atoms with van der Waals surface area (Å²) < 4.78 is 1.35. The Kier molecular flexibility index (Phi) is 3.22. The number of nitrogens with one attached hydrogen (secondary N) is 1. The minimum Gasteiger partial charge on any atom is -0.316 e. The smallest absolute Gasteiger partial charge is 0.0133 e. The Bertz CT molecular complexity index is 279. The van der Waals surface area contributed by atoms with Gasteiger partial charge in [0.15, 0.2) is 0 Å². The summed E-state index contributed by atoms with van der Waals surface area (Å²) in [5.74, 6) is 0.739. The molecule has 1 heterocycles. The number of hydrogen-bond acceptors (Lipinski definition) is 1. The highest BCUT2D eigenvalue weighted by Gasteiger charge is 2.14. The molecule has 0 saturated carbocycles. The molecule has 1 nitrogen and oxygen atoms in total. The Morgan fingerprint density at radius 3 is 3.00 bits per heavy atom. The van der Waals surface area contributed by atoms with E-state index < -0.39 is 0 Å². The summed E-state index contributed by atoms with van der Waals surface area (Å²) in [6.45, 7) is 2.35. The summed E-state index contributed by atoms with van der Waals surface area (Å²) in [6, 6.07) is 8.87. The fraction of sp³-hybridized carbons (Fsp3) is 0.455. The van der Waals surface area contributed by atoms with Crippen LogP contribution in [-0.4, -0.2) is 13.1 Å². The fourth-order valence-electron chi connectivity index (χ4n) is 1.90. The second-order valence-electron chi connectivity index (χ2n) is 3.60.